The van der Waals surface area contributed by atoms with Crippen LogP contribution in [0.15, 0.2) is 91.0 Å². The maximum Gasteiger partial charge on any atom is 0.411 e. The lowest BCUT2D eigenvalue weighted by atomic mass is 9.98. The zero-order valence-electron chi connectivity index (χ0n) is 31.1. The highest BCUT2D eigenvalue weighted by atomic mass is 16.6. The number of H-pyrrole nitrogens is 2. The lowest BCUT2D eigenvalue weighted by Crippen LogP contribution is -2.38. The molecule has 10 nitrogen and oxygen atoms in total. The SMILES string of the molecule is CC(C)(C)OC(=O)N1[C@@H]2C[C@@H]2C[C@H]1c1nc2c(ccc3cc(-c4ccc5c(ccc6[nH]c([C@@H]7C[C@H]8C[C@H]8N7C(=O)OCc7ccccc7)nc65)c4)ccc32)[nH]1. The number of aromatic amines is 2. The molecule has 4 fully saturated rings. The topological polar surface area (TPSA) is 116 Å². The Morgan fingerprint density at radius 3 is 1.73 bits per heavy atom. The number of ether oxygens (including phenoxy) is 2. The number of imidazole rings is 2. The number of amides is 2. The molecule has 4 heterocycles. The first-order valence-electron chi connectivity index (χ1n) is 19.5. The van der Waals surface area contributed by atoms with Crippen LogP contribution >= 0.6 is 0 Å². The minimum atomic E-state index is -0.546. The van der Waals surface area contributed by atoms with Gasteiger partial charge in [0.1, 0.15) is 23.9 Å². The molecule has 276 valence electrons. The van der Waals surface area contributed by atoms with Gasteiger partial charge in [0.05, 0.1) is 34.2 Å². The first-order chi connectivity index (χ1) is 26.6. The molecular weight excluding hydrogens is 689 g/mol. The van der Waals surface area contributed by atoms with Crippen molar-refractivity contribution in [1.29, 1.82) is 0 Å². The first kappa shape index (κ1) is 32.5. The average molecular weight is 731 g/mol. The number of nitrogens with zero attached hydrogens (tertiary/aromatic N) is 4. The lowest BCUT2D eigenvalue weighted by Gasteiger charge is -2.29. The molecule has 7 aromatic rings. The highest BCUT2D eigenvalue weighted by molar-refractivity contribution is 6.07. The molecule has 5 aromatic carbocycles. The number of fused-ring (bicyclic) bond motifs is 8. The summed E-state index contributed by atoms with van der Waals surface area (Å²) in [6, 6.07) is 31.6. The third-order valence-electron chi connectivity index (χ3n) is 12.2. The number of rotatable bonds is 5. The normalized spacial score (nSPS) is 24.1. The van der Waals surface area contributed by atoms with E-state index < -0.39 is 5.60 Å². The Morgan fingerprint density at radius 1 is 0.673 bits per heavy atom. The van der Waals surface area contributed by atoms with Crippen LogP contribution in [0, 0.1) is 11.8 Å². The van der Waals surface area contributed by atoms with Crippen molar-refractivity contribution < 1.29 is 19.1 Å². The largest absolute Gasteiger partial charge is 0.445 e. The molecule has 0 spiro atoms. The van der Waals surface area contributed by atoms with Crippen LogP contribution in [0.3, 0.4) is 0 Å². The zero-order valence-corrected chi connectivity index (χ0v) is 31.1. The van der Waals surface area contributed by atoms with Crippen molar-refractivity contribution in [1.82, 2.24) is 29.7 Å². The van der Waals surface area contributed by atoms with Gasteiger partial charge in [0.2, 0.25) is 0 Å². The van der Waals surface area contributed by atoms with Crippen LogP contribution in [-0.2, 0) is 16.1 Å². The van der Waals surface area contributed by atoms with Crippen molar-refractivity contribution in [3.05, 3.63) is 108 Å². The number of likely N-dealkylation sites (tertiary alicyclic amines) is 2. The van der Waals surface area contributed by atoms with Gasteiger partial charge in [0.15, 0.2) is 0 Å². The third-order valence-corrected chi connectivity index (χ3v) is 12.2. The summed E-state index contributed by atoms with van der Waals surface area (Å²) in [6.45, 7) is 6.00. The molecule has 2 N–H and O–H groups in total. The number of nitrogens with one attached hydrogen (secondary N) is 2. The number of hydrogen-bond acceptors (Lipinski definition) is 6. The number of aromatic nitrogens is 4. The van der Waals surface area contributed by atoms with Crippen LogP contribution in [0.4, 0.5) is 9.59 Å². The van der Waals surface area contributed by atoms with E-state index >= 15 is 0 Å². The predicted molar refractivity (Wildman–Crippen MR) is 211 cm³/mol. The highest BCUT2D eigenvalue weighted by Gasteiger charge is 2.57. The molecule has 10 heteroatoms. The summed E-state index contributed by atoms with van der Waals surface area (Å²) >= 11 is 0. The molecule has 0 bridgehead atoms. The molecule has 0 unspecified atom stereocenters. The second-order valence-electron chi connectivity index (χ2n) is 17.0. The summed E-state index contributed by atoms with van der Waals surface area (Å²) in [6.07, 6.45) is 3.34. The molecule has 0 radical (unpaired) electrons. The van der Waals surface area contributed by atoms with Gasteiger partial charge in [-0.2, -0.15) is 0 Å². The number of carbonyl (C=O) groups excluding carboxylic acids is 2. The van der Waals surface area contributed by atoms with Crippen molar-refractivity contribution in [3.8, 4) is 11.1 Å². The van der Waals surface area contributed by atoms with Gasteiger partial charge in [-0.3, -0.25) is 9.80 Å². The molecule has 2 aromatic heterocycles. The van der Waals surface area contributed by atoms with Crippen LogP contribution in [0.5, 0.6) is 0 Å². The van der Waals surface area contributed by atoms with Crippen LogP contribution in [0.1, 0.15) is 75.8 Å². The Morgan fingerprint density at radius 2 is 1.20 bits per heavy atom. The minimum Gasteiger partial charge on any atom is -0.445 e. The molecule has 2 saturated carbocycles. The van der Waals surface area contributed by atoms with Crippen molar-refractivity contribution in [2.75, 3.05) is 0 Å². The van der Waals surface area contributed by atoms with E-state index in [2.05, 4.69) is 70.6 Å². The lowest BCUT2D eigenvalue weighted by molar-refractivity contribution is 0.0175. The second-order valence-corrected chi connectivity index (χ2v) is 17.0. The first-order valence-corrected chi connectivity index (χ1v) is 19.5. The fourth-order valence-electron chi connectivity index (χ4n) is 9.35. The van der Waals surface area contributed by atoms with Crippen molar-refractivity contribution in [2.24, 2.45) is 11.8 Å². The summed E-state index contributed by atoms with van der Waals surface area (Å²) in [7, 11) is 0. The van der Waals surface area contributed by atoms with Gasteiger partial charge < -0.3 is 19.4 Å². The third kappa shape index (κ3) is 5.52. The molecule has 2 saturated heterocycles. The van der Waals surface area contributed by atoms with Gasteiger partial charge in [0, 0.05) is 22.9 Å². The van der Waals surface area contributed by atoms with Crippen molar-refractivity contribution >= 4 is 55.8 Å². The number of piperidine rings is 2. The second kappa shape index (κ2) is 11.8. The quantitative estimate of drug-likeness (QED) is 0.182. The maximum atomic E-state index is 13.4. The predicted octanol–water partition coefficient (Wildman–Crippen LogP) is 9.96. The number of hydrogen-bond donors (Lipinski definition) is 2. The highest BCUT2D eigenvalue weighted by Crippen LogP contribution is 2.54. The van der Waals surface area contributed by atoms with E-state index in [-0.39, 0.29) is 43.0 Å². The zero-order chi connectivity index (χ0) is 37.2. The van der Waals surface area contributed by atoms with Crippen molar-refractivity contribution in [3.63, 3.8) is 0 Å². The molecule has 2 aliphatic heterocycles. The summed E-state index contributed by atoms with van der Waals surface area (Å²) in [5, 5.41) is 4.36. The molecule has 55 heavy (non-hydrogen) atoms. The standard InChI is InChI=1S/C45H42N6O4/c1-45(2,3)55-44(53)51-36-20-30(36)22-38(51)42-47-34-16-12-28-18-26(10-14-32(28)40(34)49-42)25-9-13-31-27(17-25)11-15-33-39(31)48-41(46-33)37-21-29-19-35(29)50(37)43(52)54-23-24-7-5-4-6-8-24/h4-18,29-30,35-38H,19-23H2,1-3H3,(H,46,48)(H,47,49)/t29-,30-,35-,36-,37+,38+/m1/s1. The molecule has 4 aliphatic rings. The van der Waals surface area contributed by atoms with E-state index in [4.69, 9.17) is 19.4 Å². The summed E-state index contributed by atoms with van der Waals surface area (Å²) in [4.78, 5) is 47.8. The summed E-state index contributed by atoms with van der Waals surface area (Å²) in [5.74, 6) is 2.66. The van der Waals surface area contributed by atoms with Crippen LogP contribution in [0.25, 0.3) is 54.7 Å². The van der Waals surface area contributed by atoms with Gasteiger partial charge in [-0.25, -0.2) is 19.6 Å². The summed E-state index contributed by atoms with van der Waals surface area (Å²) in [5.41, 5.74) is 6.43. The smallest absolute Gasteiger partial charge is 0.411 e. The Hall–Kier alpha value is -5.90. The number of benzene rings is 5. The van der Waals surface area contributed by atoms with Crippen LogP contribution in [-0.4, -0.2) is 59.6 Å². The Kier molecular flexibility index (Phi) is 6.98. The Bertz CT molecular complexity index is 2700. The fraction of sp³-hybridized carbons (Fsp3) is 0.333. The van der Waals surface area contributed by atoms with E-state index in [1.165, 1.54) is 0 Å². The van der Waals surface area contributed by atoms with Crippen molar-refractivity contribution in [2.45, 2.75) is 82.8 Å². The Balaban J connectivity index is 0.862. The molecular formula is C45H42N6O4. The average Bonchev–Trinajstić information content (AvgIpc) is 3.82. The molecule has 2 aliphatic carbocycles. The molecule has 11 rings (SSSR count). The maximum absolute atomic E-state index is 13.4. The van der Waals surface area contributed by atoms with Gasteiger partial charge in [-0.15, -0.1) is 0 Å². The van der Waals surface area contributed by atoms with E-state index in [1.807, 2.05) is 60.9 Å². The van der Waals surface area contributed by atoms with E-state index in [0.717, 1.165) is 97.6 Å². The van der Waals surface area contributed by atoms with Gasteiger partial charge in [0.25, 0.3) is 0 Å². The van der Waals surface area contributed by atoms with E-state index in [0.29, 0.717) is 11.8 Å². The van der Waals surface area contributed by atoms with Crippen LogP contribution in [0.2, 0.25) is 0 Å². The van der Waals surface area contributed by atoms with Gasteiger partial charge in [-0.1, -0.05) is 66.7 Å². The Labute approximate surface area is 317 Å². The van der Waals surface area contributed by atoms with E-state index in [9.17, 15) is 9.59 Å². The molecule has 6 atom stereocenters. The fourth-order valence-corrected chi connectivity index (χ4v) is 9.35. The van der Waals surface area contributed by atoms with Crippen LogP contribution < -0.4 is 0 Å². The minimum absolute atomic E-state index is 0.112. The monoisotopic (exact) mass is 730 g/mol. The summed E-state index contributed by atoms with van der Waals surface area (Å²) < 4.78 is 11.6. The molecule has 2 amide bonds. The van der Waals surface area contributed by atoms with Gasteiger partial charge in [-0.05, 0) is 110 Å². The van der Waals surface area contributed by atoms with E-state index in [1.54, 1.807) is 0 Å². The number of carbonyl (C=O) groups is 2. The van der Waals surface area contributed by atoms with Gasteiger partial charge >= 0.3 is 12.2 Å².